The Morgan fingerprint density at radius 3 is 2.82 bits per heavy atom. The van der Waals surface area contributed by atoms with Crippen molar-refractivity contribution in [2.45, 2.75) is 19.9 Å². The number of amides is 2. The molecule has 4 nitrogen and oxygen atoms in total. The van der Waals surface area contributed by atoms with Crippen LogP contribution in [0.3, 0.4) is 0 Å². The Balaban J connectivity index is 2.47. The standard InChI is InChI=1S/C12H13ClN2O2/c1-7-9(13)4-3-5-10(7)15-8(2)12(17)14-6-11(15)16/h3-5,8H,6H2,1-2H3,(H,14,17). The Kier molecular flexibility index (Phi) is 3.07. The van der Waals surface area contributed by atoms with Crippen LogP contribution < -0.4 is 10.2 Å². The lowest BCUT2D eigenvalue weighted by Crippen LogP contribution is -2.57. The summed E-state index contributed by atoms with van der Waals surface area (Å²) in [4.78, 5) is 25.0. The maximum absolute atomic E-state index is 11.9. The summed E-state index contributed by atoms with van der Waals surface area (Å²) in [6.07, 6.45) is 0. The van der Waals surface area contributed by atoms with Crippen LogP contribution in [0.2, 0.25) is 5.02 Å². The fourth-order valence-electron chi connectivity index (χ4n) is 1.93. The van der Waals surface area contributed by atoms with Gasteiger partial charge in [0.15, 0.2) is 0 Å². The highest BCUT2D eigenvalue weighted by atomic mass is 35.5. The van der Waals surface area contributed by atoms with Crippen molar-refractivity contribution >= 4 is 29.1 Å². The number of benzene rings is 1. The molecule has 0 aromatic heterocycles. The highest BCUT2D eigenvalue weighted by molar-refractivity contribution is 6.31. The summed E-state index contributed by atoms with van der Waals surface area (Å²) in [5.41, 5.74) is 1.51. The van der Waals surface area contributed by atoms with Crippen LogP contribution in [-0.4, -0.2) is 24.4 Å². The molecular formula is C12H13ClN2O2. The molecule has 1 aliphatic rings. The van der Waals surface area contributed by atoms with Gasteiger partial charge in [0.25, 0.3) is 0 Å². The van der Waals surface area contributed by atoms with Gasteiger partial charge in [-0.2, -0.15) is 0 Å². The molecule has 0 aliphatic carbocycles. The van der Waals surface area contributed by atoms with E-state index in [1.165, 1.54) is 4.90 Å². The van der Waals surface area contributed by atoms with Gasteiger partial charge in [0.1, 0.15) is 6.04 Å². The van der Waals surface area contributed by atoms with E-state index >= 15 is 0 Å². The number of piperazine rings is 1. The average molecular weight is 253 g/mol. The number of rotatable bonds is 1. The van der Waals surface area contributed by atoms with E-state index in [-0.39, 0.29) is 18.4 Å². The molecule has 1 unspecified atom stereocenters. The molecule has 2 amide bonds. The van der Waals surface area contributed by atoms with Crippen molar-refractivity contribution < 1.29 is 9.59 Å². The Labute approximate surface area is 105 Å². The minimum Gasteiger partial charge on any atom is -0.345 e. The normalized spacial score (nSPS) is 20.4. The van der Waals surface area contributed by atoms with Crippen molar-refractivity contribution in [3.63, 3.8) is 0 Å². The summed E-state index contributed by atoms with van der Waals surface area (Å²) in [6.45, 7) is 3.58. The number of carbonyl (C=O) groups is 2. The second-order valence-corrected chi connectivity index (χ2v) is 4.45. The van der Waals surface area contributed by atoms with Crippen LogP contribution in [0.25, 0.3) is 0 Å². The van der Waals surface area contributed by atoms with Gasteiger partial charge in [0.05, 0.1) is 6.54 Å². The van der Waals surface area contributed by atoms with Crippen LogP contribution in [0.4, 0.5) is 5.69 Å². The quantitative estimate of drug-likeness (QED) is 0.824. The molecule has 1 heterocycles. The number of nitrogens with one attached hydrogen (secondary N) is 1. The van der Waals surface area contributed by atoms with E-state index in [1.807, 2.05) is 6.92 Å². The van der Waals surface area contributed by atoms with Gasteiger partial charge in [-0.05, 0) is 31.5 Å². The Bertz CT molecular complexity index is 487. The first kappa shape index (κ1) is 11.9. The predicted octanol–water partition coefficient (Wildman–Crippen LogP) is 1.50. The van der Waals surface area contributed by atoms with Gasteiger partial charge >= 0.3 is 0 Å². The Morgan fingerprint density at radius 2 is 2.12 bits per heavy atom. The molecule has 1 fully saturated rings. The molecule has 1 aromatic rings. The third-order valence-corrected chi connectivity index (χ3v) is 3.36. The maximum Gasteiger partial charge on any atom is 0.247 e. The number of halogens is 1. The van der Waals surface area contributed by atoms with Gasteiger partial charge in [0.2, 0.25) is 11.8 Å². The second kappa shape index (κ2) is 4.37. The molecule has 0 radical (unpaired) electrons. The fraction of sp³-hybridized carbons (Fsp3) is 0.333. The Morgan fingerprint density at radius 1 is 1.41 bits per heavy atom. The van der Waals surface area contributed by atoms with E-state index in [4.69, 9.17) is 11.6 Å². The SMILES string of the molecule is Cc1c(Cl)cccc1N1C(=O)CNC(=O)C1C. The molecule has 0 bridgehead atoms. The zero-order chi connectivity index (χ0) is 12.6. The monoisotopic (exact) mass is 252 g/mol. The van der Waals surface area contributed by atoms with Gasteiger partial charge in [-0.1, -0.05) is 17.7 Å². The van der Waals surface area contributed by atoms with E-state index < -0.39 is 6.04 Å². The smallest absolute Gasteiger partial charge is 0.247 e. The van der Waals surface area contributed by atoms with Crippen LogP contribution in [0, 0.1) is 6.92 Å². The number of hydrogen-bond donors (Lipinski definition) is 1. The molecule has 0 spiro atoms. The number of hydrogen-bond acceptors (Lipinski definition) is 2. The molecule has 1 atom stereocenters. The van der Waals surface area contributed by atoms with Gasteiger partial charge < -0.3 is 5.32 Å². The van der Waals surface area contributed by atoms with Gasteiger partial charge in [-0.3, -0.25) is 14.5 Å². The van der Waals surface area contributed by atoms with Crippen molar-refractivity contribution in [1.82, 2.24) is 5.32 Å². The van der Waals surface area contributed by atoms with Gasteiger partial charge in [0, 0.05) is 10.7 Å². The number of nitrogens with zero attached hydrogens (tertiary/aromatic N) is 1. The van der Waals surface area contributed by atoms with Gasteiger partial charge in [-0.25, -0.2) is 0 Å². The summed E-state index contributed by atoms with van der Waals surface area (Å²) in [6, 6.07) is 4.83. The first-order valence-electron chi connectivity index (χ1n) is 5.37. The first-order chi connectivity index (χ1) is 8.02. The highest BCUT2D eigenvalue weighted by Gasteiger charge is 2.32. The first-order valence-corrected chi connectivity index (χ1v) is 5.75. The summed E-state index contributed by atoms with van der Waals surface area (Å²) in [5, 5.41) is 3.14. The second-order valence-electron chi connectivity index (χ2n) is 4.04. The van der Waals surface area contributed by atoms with Crippen molar-refractivity contribution in [2.24, 2.45) is 0 Å². The summed E-state index contributed by atoms with van der Waals surface area (Å²) in [5.74, 6) is -0.272. The molecule has 90 valence electrons. The van der Waals surface area contributed by atoms with Crippen molar-refractivity contribution in [2.75, 3.05) is 11.4 Å². The third kappa shape index (κ3) is 2.00. The van der Waals surface area contributed by atoms with Crippen molar-refractivity contribution in [3.05, 3.63) is 28.8 Å². The van der Waals surface area contributed by atoms with Crippen LogP contribution in [0.1, 0.15) is 12.5 Å². The van der Waals surface area contributed by atoms with Crippen molar-refractivity contribution in [3.8, 4) is 0 Å². The average Bonchev–Trinajstić information content (AvgIpc) is 2.30. The minimum atomic E-state index is -0.506. The lowest BCUT2D eigenvalue weighted by Gasteiger charge is -2.33. The van der Waals surface area contributed by atoms with Gasteiger partial charge in [-0.15, -0.1) is 0 Å². The molecule has 1 N–H and O–H groups in total. The van der Waals surface area contributed by atoms with E-state index in [0.717, 1.165) is 5.56 Å². The van der Waals surface area contributed by atoms with E-state index in [9.17, 15) is 9.59 Å². The van der Waals surface area contributed by atoms with Crippen LogP contribution in [-0.2, 0) is 9.59 Å². The zero-order valence-electron chi connectivity index (χ0n) is 9.66. The molecule has 2 rings (SSSR count). The largest absolute Gasteiger partial charge is 0.345 e. The predicted molar refractivity (Wildman–Crippen MR) is 66.1 cm³/mol. The third-order valence-electron chi connectivity index (χ3n) is 2.95. The van der Waals surface area contributed by atoms with Crippen LogP contribution >= 0.6 is 11.6 Å². The molecule has 0 saturated carbocycles. The molecule has 17 heavy (non-hydrogen) atoms. The summed E-state index contributed by atoms with van der Waals surface area (Å²) >= 11 is 6.03. The number of anilines is 1. The lowest BCUT2D eigenvalue weighted by atomic mass is 10.1. The summed E-state index contributed by atoms with van der Waals surface area (Å²) in [7, 11) is 0. The molecule has 5 heteroatoms. The minimum absolute atomic E-state index is 0.0368. The van der Waals surface area contributed by atoms with Crippen LogP contribution in [0.15, 0.2) is 18.2 Å². The lowest BCUT2D eigenvalue weighted by molar-refractivity contribution is -0.130. The molecule has 1 aliphatic heterocycles. The van der Waals surface area contributed by atoms with E-state index in [2.05, 4.69) is 5.32 Å². The topological polar surface area (TPSA) is 49.4 Å². The van der Waals surface area contributed by atoms with Crippen molar-refractivity contribution in [1.29, 1.82) is 0 Å². The molecule has 1 aromatic carbocycles. The molecular weight excluding hydrogens is 240 g/mol. The number of carbonyl (C=O) groups excluding carboxylic acids is 2. The Hall–Kier alpha value is -1.55. The molecule has 1 saturated heterocycles. The zero-order valence-corrected chi connectivity index (χ0v) is 10.4. The highest BCUT2D eigenvalue weighted by Crippen LogP contribution is 2.28. The van der Waals surface area contributed by atoms with E-state index in [0.29, 0.717) is 10.7 Å². The maximum atomic E-state index is 11.9. The fourth-order valence-corrected chi connectivity index (χ4v) is 2.10. The van der Waals surface area contributed by atoms with Crippen LogP contribution in [0.5, 0.6) is 0 Å². The summed E-state index contributed by atoms with van der Waals surface area (Å²) < 4.78 is 0. The van der Waals surface area contributed by atoms with E-state index in [1.54, 1.807) is 25.1 Å².